The summed E-state index contributed by atoms with van der Waals surface area (Å²) in [5, 5.41) is 3.20. The Morgan fingerprint density at radius 1 is 0.742 bits per heavy atom. The molecule has 6 aromatic rings. The lowest BCUT2D eigenvalue weighted by molar-refractivity contribution is 0.653. The molecule has 0 aliphatic rings. The van der Waals surface area contributed by atoms with Gasteiger partial charge in [0.05, 0.1) is 11.2 Å². The van der Waals surface area contributed by atoms with Gasteiger partial charge in [-0.05, 0) is 55.3 Å². The molecule has 6 rings (SSSR count). The standard InChI is InChI=1S/C27H19N3O/c1-16-15-29-24(14-23(16)19-8-3-6-18-7-5-13-28-25(18)19)22-10-4-9-20-21-12-11-17(2)30-27(21)31-26(20)22/h3-15H,1-2H3. The monoisotopic (exact) mass is 401 g/mol. The summed E-state index contributed by atoms with van der Waals surface area (Å²) >= 11 is 0. The van der Waals surface area contributed by atoms with Gasteiger partial charge in [-0.25, -0.2) is 4.98 Å². The summed E-state index contributed by atoms with van der Waals surface area (Å²) in [6.45, 7) is 4.06. The fourth-order valence-corrected chi connectivity index (χ4v) is 4.26. The van der Waals surface area contributed by atoms with Gasteiger partial charge >= 0.3 is 0 Å². The van der Waals surface area contributed by atoms with E-state index >= 15 is 0 Å². The zero-order valence-electron chi connectivity index (χ0n) is 17.3. The maximum atomic E-state index is 6.20. The summed E-state index contributed by atoms with van der Waals surface area (Å²) in [5.41, 5.74) is 8.57. The van der Waals surface area contributed by atoms with Crippen LogP contribution in [0.2, 0.25) is 0 Å². The summed E-state index contributed by atoms with van der Waals surface area (Å²) < 4.78 is 6.20. The molecule has 4 heterocycles. The molecule has 0 N–H and O–H groups in total. The molecular formula is C27H19N3O. The second kappa shape index (κ2) is 6.74. The molecule has 0 saturated carbocycles. The lowest BCUT2D eigenvalue weighted by Gasteiger charge is -2.11. The van der Waals surface area contributed by atoms with Gasteiger partial charge in [-0.3, -0.25) is 9.97 Å². The van der Waals surface area contributed by atoms with Crippen LogP contribution in [0.3, 0.4) is 0 Å². The molecule has 2 aromatic carbocycles. The van der Waals surface area contributed by atoms with Gasteiger partial charge in [0.25, 0.3) is 0 Å². The van der Waals surface area contributed by atoms with E-state index in [0.29, 0.717) is 5.71 Å². The Balaban J connectivity index is 1.60. The number of furan rings is 1. The third-order valence-corrected chi connectivity index (χ3v) is 5.81. The van der Waals surface area contributed by atoms with Gasteiger partial charge in [0.1, 0.15) is 5.58 Å². The highest BCUT2D eigenvalue weighted by molar-refractivity contribution is 6.08. The summed E-state index contributed by atoms with van der Waals surface area (Å²) in [6.07, 6.45) is 3.77. The van der Waals surface area contributed by atoms with Crippen molar-refractivity contribution in [3.8, 4) is 22.4 Å². The van der Waals surface area contributed by atoms with E-state index in [2.05, 4.69) is 65.4 Å². The van der Waals surface area contributed by atoms with Crippen LogP contribution in [-0.2, 0) is 0 Å². The second-order valence-corrected chi connectivity index (χ2v) is 7.85. The van der Waals surface area contributed by atoms with Crippen molar-refractivity contribution in [2.75, 3.05) is 0 Å². The predicted octanol–water partition coefficient (Wildman–Crippen LogP) is 6.88. The fraction of sp³-hybridized carbons (Fsp3) is 0.0741. The van der Waals surface area contributed by atoms with Crippen LogP contribution in [0.1, 0.15) is 11.3 Å². The van der Waals surface area contributed by atoms with Crippen LogP contribution in [0.25, 0.3) is 55.4 Å². The van der Waals surface area contributed by atoms with Crippen LogP contribution >= 0.6 is 0 Å². The Kier molecular flexibility index (Phi) is 3.87. The van der Waals surface area contributed by atoms with E-state index in [1.807, 2.05) is 37.5 Å². The maximum Gasteiger partial charge on any atom is 0.227 e. The van der Waals surface area contributed by atoms with Crippen LogP contribution in [0.15, 0.2) is 83.5 Å². The van der Waals surface area contributed by atoms with E-state index in [0.717, 1.165) is 60.9 Å². The number of hydrogen-bond donors (Lipinski definition) is 0. The molecule has 4 nitrogen and oxygen atoms in total. The van der Waals surface area contributed by atoms with Crippen LogP contribution in [0, 0.1) is 13.8 Å². The van der Waals surface area contributed by atoms with Crippen molar-refractivity contribution in [3.05, 3.63) is 90.4 Å². The van der Waals surface area contributed by atoms with Crippen molar-refractivity contribution in [1.82, 2.24) is 15.0 Å². The summed E-state index contributed by atoms with van der Waals surface area (Å²) in [5.74, 6) is 0. The van der Waals surface area contributed by atoms with Gasteiger partial charge < -0.3 is 4.42 Å². The van der Waals surface area contributed by atoms with Gasteiger partial charge in [0, 0.05) is 45.4 Å². The smallest absolute Gasteiger partial charge is 0.227 e. The van der Waals surface area contributed by atoms with Crippen molar-refractivity contribution in [3.63, 3.8) is 0 Å². The van der Waals surface area contributed by atoms with E-state index < -0.39 is 0 Å². The van der Waals surface area contributed by atoms with E-state index in [4.69, 9.17) is 9.40 Å². The summed E-state index contributed by atoms with van der Waals surface area (Å²) in [7, 11) is 0. The largest absolute Gasteiger partial charge is 0.437 e. The first-order valence-electron chi connectivity index (χ1n) is 10.3. The molecule has 4 aromatic heterocycles. The summed E-state index contributed by atoms with van der Waals surface area (Å²) in [6, 6.07) is 22.7. The van der Waals surface area contributed by atoms with E-state index in [9.17, 15) is 0 Å². The van der Waals surface area contributed by atoms with Crippen molar-refractivity contribution in [2.45, 2.75) is 13.8 Å². The first-order valence-corrected chi connectivity index (χ1v) is 10.3. The molecule has 4 heteroatoms. The average Bonchev–Trinajstić information content (AvgIpc) is 3.17. The minimum Gasteiger partial charge on any atom is -0.437 e. The first-order chi connectivity index (χ1) is 15.2. The number of benzene rings is 2. The number of pyridine rings is 3. The molecule has 0 atom stereocenters. The lowest BCUT2D eigenvalue weighted by atomic mass is 9.97. The van der Waals surface area contributed by atoms with Gasteiger partial charge in [-0.2, -0.15) is 0 Å². The molecule has 0 aliphatic heterocycles. The number of fused-ring (bicyclic) bond motifs is 4. The van der Waals surface area contributed by atoms with Crippen molar-refractivity contribution < 1.29 is 4.42 Å². The minimum absolute atomic E-state index is 0.660. The number of hydrogen-bond acceptors (Lipinski definition) is 4. The maximum absolute atomic E-state index is 6.20. The summed E-state index contributed by atoms with van der Waals surface area (Å²) in [4.78, 5) is 14.0. The van der Waals surface area contributed by atoms with Gasteiger partial charge in [-0.15, -0.1) is 0 Å². The number of aromatic nitrogens is 3. The Bertz CT molecular complexity index is 1610. The zero-order chi connectivity index (χ0) is 20.9. The van der Waals surface area contributed by atoms with Crippen molar-refractivity contribution >= 4 is 33.0 Å². The van der Waals surface area contributed by atoms with Crippen LogP contribution < -0.4 is 0 Å². The highest BCUT2D eigenvalue weighted by atomic mass is 16.3. The third-order valence-electron chi connectivity index (χ3n) is 5.81. The molecule has 0 aliphatic carbocycles. The molecule has 0 spiro atoms. The van der Waals surface area contributed by atoms with E-state index in [1.54, 1.807) is 0 Å². The Morgan fingerprint density at radius 2 is 1.58 bits per heavy atom. The third kappa shape index (κ3) is 2.80. The quantitative estimate of drug-likeness (QED) is 0.317. The number of para-hydroxylation sites is 2. The van der Waals surface area contributed by atoms with Gasteiger partial charge in [0.15, 0.2) is 0 Å². The Morgan fingerprint density at radius 3 is 2.52 bits per heavy atom. The Labute approximate surface area is 179 Å². The molecular weight excluding hydrogens is 382 g/mol. The molecule has 0 amide bonds. The molecule has 0 fully saturated rings. The molecule has 148 valence electrons. The fourth-order valence-electron chi connectivity index (χ4n) is 4.26. The van der Waals surface area contributed by atoms with Crippen molar-refractivity contribution in [1.29, 1.82) is 0 Å². The zero-order valence-corrected chi connectivity index (χ0v) is 17.3. The second-order valence-electron chi connectivity index (χ2n) is 7.85. The molecule has 0 unspecified atom stereocenters. The topological polar surface area (TPSA) is 51.8 Å². The van der Waals surface area contributed by atoms with E-state index in [1.165, 1.54) is 0 Å². The number of nitrogens with zero attached hydrogens (tertiary/aromatic N) is 3. The lowest BCUT2D eigenvalue weighted by Crippen LogP contribution is -1.92. The molecule has 0 bridgehead atoms. The predicted molar refractivity (Wildman–Crippen MR) is 125 cm³/mol. The minimum atomic E-state index is 0.660. The molecule has 0 radical (unpaired) electrons. The Hall–Kier alpha value is -4.05. The number of rotatable bonds is 2. The SMILES string of the molecule is Cc1ccc2c(n1)oc1c(-c3cc(-c4cccc5cccnc45)c(C)cn3)cccc12. The highest BCUT2D eigenvalue weighted by Gasteiger charge is 2.16. The van der Waals surface area contributed by atoms with Crippen LogP contribution in [0.5, 0.6) is 0 Å². The van der Waals surface area contributed by atoms with Gasteiger partial charge in [-0.1, -0.05) is 36.4 Å². The van der Waals surface area contributed by atoms with E-state index in [-0.39, 0.29) is 0 Å². The molecule has 31 heavy (non-hydrogen) atoms. The normalized spacial score (nSPS) is 11.5. The van der Waals surface area contributed by atoms with Crippen LogP contribution in [-0.4, -0.2) is 15.0 Å². The molecule has 0 saturated heterocycles. The first kappa shape index (κ1) is 17.8. The average molecular weight is 401 g/mol. The highest BCUT2D eigenvalue weighted by Crippen LogP contribution is 2.37. The van der Waals surface area contributed by atoms with Gasteiger partial charge in [0.2, 0.25) is 5.71 Å². The van der Waals surface area contributed by atoms with Crippen LogP contribution in [0.4, 0.5) is 0 Å². The number of aryl methyl sites for hydroxylation is 2. The van der Waals surface area contributed by atoms with Crippen molar-refractivity contribution in [2.24, 2.45) is 0 Å².